The fraction of sp³-hybridized carbons (Fsp3) is 0.438. The van der Waals surface area contributed by atoms with Crippen LogP contribution in [0.3, 0.4) is 0 Å². The lowest BCUT2D eigenvalue weighted by atomic mass is 10.2. The number of esters is 1. The molecule has 3 rings (SSSR count). The SMILES string of the molecule is COC(=O)CSc1nnc(-c2ccc(Cl)cc2)n1CC1CCCO1. The van der Waals surface area contributed by atoms with Crippen molar-refractivity contribution in [3.05, 3.63) is 29.3 Å². The Balaban J connectivity index is 1.87. The lowest BCUT2D eigenvalue weighted by Crippen LogP contribution is -2.17. The van der Waals surface area contributed by atoms with E-state index in [1.54, 1.807) is 0 Å². The Morgan fingerprint density at radius 1 is 1.42 bits per heavy atom. The summed E-state index contributed by atoms with van der Waals surface area (Å²) in [5, 5.41) is 9.90. The van der Waals surface area contributed by atoms with E-state index in [-0.39, 0.29) is 17.8 Å². The molecule has 6 nitrogen and oxygen atoms in total. The van der Waals surface area contributed by atoms with E-state index in [2.05, 4.69) is 10.2 Å². The van der Waals surface area contributed by atoms with E-state index in [4.69, 9.17) is 21.1 Å². The molecule has 1 atom stereocenters. The van der Waals surface area contributed by atoms with Gasteiger partial charge in [0.1, 0.15) is 0 Å². The lowest BCUT2D eigenvalue weighted by molar-refractivity contribution is -0.137. The molecule has 0 radical (unpaired) electrons. The molecule has 0 bridgehead atoms. The highest BCUT2D eigenvalue weighted by atomic mass is 35.5. The summed E-state index contributed by atoms with van der Waals surface area (Å²) >= 11 is 7.28. The maximum atomic E-state index is 11.4. The molecule has 8 heteroatoms. The van der Waals surface area contributed by atoms with Crippen LogP contribution in [0.2, 0.25) is 5.02 Å². The Bertz CT molecular complexity index is 699. The second-order valence-electron chi connectivity index (χ2n) is 5.42. The summed E-state index contributed by atoms with van der Waals surface area (Å²) < 4.78 is 12.4. The van der Waals surface area contributed by atoms with Crippen molar-refractivity contribution in [1.82, 2.24) is 14.8 Å². The van der Waals surface area contributed by atoms with Crippen LogP contribution in [0.5, 0.6) is 0 Å². The average molecular weight is 368 g/mol. The average Bonchev–Trinajstić information content (AvgIpc) is 3.24. The molecule has 2 aromatic rings. The van der Waals surface area contributed by atoms with E-state index < -0.39 is 0 Å². The zero-order chi connectivity index (χ0) is 16.9. The lowest BCUT2D eigenvalue weighted by Gasteiger charge is -2.14. The number of halogens is 1. The fourth-order valence-corrected chi connectivity index (χ4v) is 3.45. The third-order valence-corrected chi connectivity index (χ3v) is 4.97. The van der Waals surface area contributed by atoms with Crippen LogP contribution in [0.25, 0.3) is 11.4 Å². The highest BCUT2D eigenvalue weighted by Crippen LogP contribution is 2.27. The molecule has 1 aliphatic heterocycles. The number of hydrogen-bond donors (Lipinski definition) is 0. The quantitative estimate of drug-likeness (QED) is 0.577. The van der Waals surface area contributed by atoms with Crippen LogP contribution in [0.15, 0.2) is 29.4 Å². The molecule has 0 aliphatic carbocycles. The van der Waals surface area contributed by atoms with Crippen LogP contribution in [0.4, 0.5) is 0 Å². The summed E-state index contributed by atoms with van der Waals surface area (Å²) in [6.45, 7) is 1.45. The van der Waals surface area contributed by atoms with Crippen molar-refractivity contribution < 1.29 is 14.3 Å². The number of rotatable bonds is 6. The third kappa shape index (κ3) is 4.09. The first-order valence-corrected chi connectivity index (χ1v) is 9.04. The molecule has 1 unspecified atom stereocenters. The van der Waals surface area contributed by atoms with Gasteiger partial charge in [-0.15, -0.1) is 10.2 Å². The van der Waals surface area contributed by atoms with Gasteiger partial charge in [-0.2, -0.15) is 0 Å². The molecule has 128 valence electrons. The maximum absolute atomic E-state index is 11.4. The largest absolute Gasteiger partial charge is 0.468 e. The number of carbonyl (C=O) groups excluding carboxylic acids is 1. The van der Waals surface area contributed by atoms with Gasteiger partial charge in [0.05, 0.1) is 25.5 Å². The summed E-state index contributed by atoms with van der Waals surface area (Å²) in [5.41, 5.74) is 0.926. The predicted octanol–water partition coefficient (Wildman–Crippen LogP) is 3.04. The van der Waals surface area contributed by atoms with Crippen LogP contribution in [-0.2, 0) is 20.8 Å². The molecule has 0 N–H and O–H groups in total. The van der Waals surface area contributed by atoms with Crippen LogP contribution in [0, 0.1) is 0 Å². The van der Waals surface area contributed by atoms with Gasteiger partial charge < -0.3 is 9.47 Å². The number of thioether (sulfide) groups is 1. The highest BCUT2D eigenvalue weighted by Gasteiger charge is 2.22. The van der Waals surface area contributed by atoms with Crippen molar-refractivity contribution in [3.63, 3.8) is 0 Å². The molecule has 24 heavy (non-hydrogen) atoms. The van der Waals surface area contributed by atoms with Crippen molar-refractivity contribution in [2.24, 2.45) is 0 Å². The topological polar surface area (TPSA) is 66.2 Å². The van der Waals surface area contributed by atoms with Gasteiger partial charge in [0.15, 0.2) is 11.0 Å². The summed E-state index contributed by atoms with van der Waals surface area (Å²) in [4.78, 5) is 11.4. The standard InChI is InChI=1S/C16H18ClN3O3S/c1-22-14(21)10-24-16-19-18-15(11-4-6-12(17)7-5-11)20(16)9-13-3-2-8-23-13/h4-7,13H,2-3,8-10H2,1H3. The van der Waals surface area contributed by atoms with Crippen molar-refractivity contribution in [2.45, 2.75) is 30.6 Å². The zero-order valence-corrected chi connectivity index (χ0v) is 14.8. The minimum Gasteiger partial charge on any atom is -0.468 e. The fourth-order valence-electron chi connectivity index (χ4n) is 2.55. The monoisotopic (exact) mass is 367 g/mol. The smallest absolute Gasteiger partial charge is 0.316 e. The van der Waals surface area contributed by atoms with E-state index in [9.17, 15) is 4.79 Å². The minimum atomic E-state index is -0.292. The van der Waals surface area contributed by atoms with E-state index in [0.717, 1.165) is 30.8 Å². The maximum Gasteiger partial charge on any atom is 0.316 e. The summed E-state index contributed by atoms with van der Waals surface area (Å²) in [7, 11) is 1.37. The highest BCUT2D eigenvalue weighted by molar-refractivity contribution is 7.99. The molecule has 1 saturated heterocycles. The Morgan fingerprint density at radius 2 is 2.21 bits per heavy atom. The number of nitrogens with zero attached hydrogens (tertiary/aromatic N) is 3. The van der Waals surface area contributed by atoms with Crippen LogP contribution >= 0.6 is 23.4 Å². The third-order valence-electron chi connectivity index (χ3n) is 3.78. The number of carbonyl (C=O) groups is 1. The van der Waals surface area contributed by atoms with Gasteiger partial charge in [0, 0.05) is 17.2 Å². The molecular formula is C16H18ClN3O3S. The van der Waals surface area contributed by atoms with Gasteiger partial charge in [-0.05, 0) is 37.1 Å². The van der Waals surface area contributed by atoms with Gasteiger partial charge in [-0.25, -0.2) is 0 Å². The van der Waals surface area contributed by atoms with Crippen molar-refractivity contribution in [1.29, 1.82) is 0 Å². The molecule has 0 spiro atoms. The van der Waals surface area contributed by atoms with E-state index in [0.29, 0.717) is 16.7 Å². The van der Waals surface area contributed by atoms with E-state index in [1.165, 1.54) is 18.9 Å². The number of aromatic nitrogens is 3. The number of hydrogen-bond acceptors (Lipinski definition) is 6. The van der Waals surface area contributed by atoms with Gasteiger partial charge in [-0.3, -0.25) is 9.36 Å². The first-order valence-electron chi connectivity index (χ1n) is 7.67. The second kappa shape index (κ2) is 8.00. The number of benzene rings is 1. The first kappa shape index (κ1) is 17.3. The zero-order valence-electron chi connectivity index (χ0n) is 13.3. The molecule has 1 aromatic heterocycles. The molecule has 2 heterocycles. The molecule has 0 amide bonds. The number of methoxy groups -OCH3 is 1. The van der Waals surface area contributed by atoms with E-state index in [1.807, 2.05) is 28.8 Å². The Labute approximate surface area is 149 Å². The van der Waals surface area contributed by atoms with Crippen LogP contribution in [0.1, 0.15) is 12.8 Å². The number of ether oxygens (including phenoxy) is 2. The van der Waals surface area contributed by atoms with Gasteiger partial charge >= 0.3 is 5.97 Å². The summed E-state index contributed by atoms with van der Waals surface area (Å²) in [5.74, 6) is 0.648. The predicted molar refractivity (Wildman–Crippen MR) is 92.2 cm³/mol. The molecular weight excluding hydrogens is 350 g/mol. The molecule has 0 saturated carbocycles. The van der Waals surface area contributed by atoms with Gasteiger partial charge in [-0.1, -0.05) is 23.4 Å². The van der Waals surface area contributed by atoms with Crippen molar-refractivity contribution >= 4 is 29.3 Å². The molecule has 1 aliphatic rings. The second-order valence-corrected chi connectivity index (χ2v) is 6.80. The van der Waals surface area contributed by atoms with Crippen LogP contribution in [-0.4, -0.2) is 46.3 Å². The molecule has 1 aromatic carbocycles. The van der Waals surface area contributed by atoms with Gasteiger partial charge in [0.25, 0.3) is 0 Å². The minimum absolute atomic E-state index is 0.143. The van der Waals surface area contributed by atoms with Crippen molar-refractivity contribution in [2.75, 3.05) is 19.5 Å². The normalized spacial score (nSPS) is 17.2. The van der Waals surface area contributed by atoms with Crippen LogP contribution < -0.4 is 0 Å². The van der Waals surface area contributed by atoms with E-state index >= 15 is 0 Å². The summed E-state index contributed by atoms with van der Waals surface area (Å²) in [6.07, 6.45) is 2.22. The van der Waals surface area contributed by atoms with Gasteiger partial charge in [0.2, 0.25) is 0 Å². The Kier molecular flexibility index (Phi) is 5.76. The Hall–Kier alpha value is -1.57. The molecule has 1 fully saturated rings. The first-order chi connectivity index (χ1) is 11.7. The summed E-state index contributed by atoms with van der Waals surface area (Å²) in [6, 6.07) is 7.46. The van der Waals surface area contributed by atoms with Crippen molar-refractivity contribution in [3.8, 4) is 11.4 Å². The Morgan fingerprint density at radius 3 is 2.88 bits per heavy atom.